The number of aliphatic hydroxyl groups excluding tert-OH is 2. The molecule has 1 aliphatic carbocycles. The monoisotopic (exact) mass is 336 g/mol. The SMILES string of the molecule is O=C(Nc1ccnn1C1CCN(C[C@H](O)CO)CC1)C1CCCC1. The molecule has 3 rings (SSSR count). The van der Waals surface area contributed by atoms with E-state index < -0.39 is 6.10 Å². The van der Waals surface area contributed by atoms with Gasteiger partial charge in [-0.2, -0.15) is 5.10 Å². The van der Waals surface area contributed by atoms with Gasteiger partial charge >= 0.3 is 0 Å². The largest absolute Gasteiger partial charge is 0.394 e. The Kier molecular flexibility index (Phi) is 5.86. The summed E-state index contributed by atoms with van der Waals surface area (Å²) in [6.45, 7) is 2.03. The van der Waals surface area contributed by atoms with Gasteiger partial charge in [-0.25, -0.2) is 4.68 Å². The predicted molar refractivity (Wildman–Crippen MR) is 90.6 cm³/mol. The summed E-state index contributed by atoms with van der Waals surface area (Å²) in [6.07, 6.45) is 7.19. The highest BCUT2D eigenvalue weighted by Gasteiger charge is 2.26. The molecule has 0 radical (unpaired) electrons. The van der Waals surface area contributed by atoms with Gasteiger partial charge in [-0.1, -0.05) is 12.8 Å². The number of likely N-dealkylation sites (tertiary alicyclic amines) is 1. The lowest BCUT2D eigenvalue weighted by Crippen LogP contribution is -2.40. The smallest absolute Gasteiger partial charge is 0.228 e. The number of anilines is 1. The second-order valence-corrected chi connectivity index (χ2v) is 7.00. The second kappa shape index (κ2) is 8.09. The lowest BCUT2D eigenvalue weighted by Gasteiger charge is -2.33. The highest BCUT2D eigenvalue weighted by Crippen LogP contribution is 2.28. The van der Waals surface area contributed by atoms with Crippen molar-refractivity contribution < 1.29 is 15.0 Å². The molecule has 1 amide bonds. The molecule has 2 fully saturated rings. The Labute approximate surface area is 142 Å². The van der Waals surface area contributed by atoms with Gasteiger partial charge < -0.3 is 20.4 Å². The first kappa shape index (κ1) is 17.4. The normalized spacial score (nSPS) is 21.9. The maximum absolute atomic E-state index is 12.3. The minimum absolute atomic E-state index is 0.123. The van der Waals surface area contributed by atoms with Gasteiger partial charge in [-0.3, -0.25) is 4.79 Å². The zero-order valence-electron chi connectivity index (χ0n) is 14.1. The Hall–Kier alpha value is -1.44. The van der Waals surface area contributed by atoms with Crippen LogP contribution in [-0.2, 0) is 4.79 Å². The summed E-state index contributed by atoms with van der Waals surface area (Å²) in [5.74, 6) is 1.06. The Morgan fingerprint density at radius 2 is 2.00 bits per heavy atom. The molecule has 2 aliphatic rings. The van der Waals surface area contributed by atoms with Crippen LogP contribution >= 0.6 is 0 Å². The number of aliphatic hydroxyl groups is 2. The molecule has 1 atom stereocenters. The Balaban J connectivity index is 1.55. The molecule has 7 heteroatoms. The molecule has 134 valence electrons. The minimum atomic E-state index is -0.674. The fourth-order valence-electron chi connectivity index (χ4n) is 3.82. The minimum Gasteiger partial charge on any atom is -0.394 e. The molecule has 0 bridgehead atoms. The highest BCUT2D eigenvalue weighted by molar-refractivity contribution is 5.91. The van der Waals surface area contributed by atoms with Crippen molar-refractivity contribution in [2.75, 3.05) is 31.6 Å². The number of β-amino-alcohol motifs (C(OH)–C–C–N with tert-alkyl or cyclic N) is 1. The third kappa shape index (κ3) is 4.15. The van der Waals surface area contributed by atoms with E-state index in [1.807, 2.05) is 10.7 Å². The van der Waals surface area contributed by atoms with Crippen LogP contribution in [0.3, 0.4) is 0 Å². The van der Waals surface area contributed by atoms with Crippen LogP contribution in [0.2, 0.25) is 0 Å². The molecule has 1 aliphatic heterocycles. The van der Waals surface area contributed by atoms with Crippen LogP contribution in [0.15, 0.2) is 12.3 Å². The lowest BCUT2D eigenvalue weighted by atomic mass is 10.0. The predicted octanol–water partition coefficient (Wildman–Crippen LogP) is 1.00. The molecule has 24 heavy (non-hydrogen) atoms. The summed E-state index contributed by atoms with van der Waals surface area (Å²) < 4.78 is 1.94. The number of nitrogens with one attached hydrogen (secondary N) is 1. The number of rotatable bonds is 6. The third-order valence-electron chi connectivity index (χ3n) is 5.23. The van der Waals surface area contributed by atoms with Gasteiger partial charge in [-0.05, 0) is 25.7 Å². The standard InChI is InChI=1S/C17H28N4O3/c22-12-15(23)11-20-9-6-14(7-10-20)21-16(5-8-18-21)19-17(24)13-3-1-2-4-13/h5,8,13-15,22-23H,1-4,6-7,9-12H2,(H,19,24)/t15-/m0/s1. The molecular formula is C17H28N4O3. The van der Waals surface area contributed by atoms with Crippen LogP contribution in [0.4, 0.5) is 5.82 Å². The van der Waals surface area contributed by atoms with Crippen molar-refractivity contribution in [3.63, 3.8) is 0 Å². The number of carbonyl (C=O) groups is 1. The van der Waals surface area contributed by atoms with Crippen LogP contribution in [0.25, 0.3) is 0 Å². The van der Waals surface area contributed by atoms with Crippen molar-refractivity contribution >= 4 is 11.7 Å². The molecule has 0 spiro atoms. The molecule has 2 heterocycles. The van der Waals surface area contributed by atoms with Gasteiger partial charge in [0.2, 0.25) is 5.91 Å². The van der Waals surface area contributed by atoms with Crippen LogP contribution in [-0.4, -0.2) is 63.1 Å². The van der Waals surface area contributed by atoms with Crippen molar-refractivity contribution in [2.45, 2.75) is 50.7 Å². The third-order valence-corrected chi connectivity index (χ3v) is 5.23. The van der Waals surface area contributed by atoms with Crippen LogP contribution < -0.4 is 5.32 Å². The number of carbonyl (C=O) groups excluding carboxylic acids is 1. The van der Waals surface area contributed by atoms with Crippen molar-refractivity contribution in [2.24, 2.45) is 5.92 Å². The van der Waals surface area contributed by atoms with E-state index in [9.17, 15) is 9.90 Å². The molecule has 0 aromatic carbocycles. The molecule has 1 saturated carbocycles. The van der Waals surface area contributed by atoms with E-state index in [1.54, 1.807) is 6.20 Å². The van der Waals surface area contributed by atoms with E-state index in [4.69, 9.17) is 5.11 Å². The molecule has 1 aromatic rings. The molecular weight excluding hydrogens is 308 g/mol. The highest BCUT2D eigenvalue weighted by atomic mass is 16.3. The maximum atomic E-state index is 12.3. The summed E-state index contributed by atoms with van der Waals surface area (Å²) in [5.41, 5.74) is 0. The Bertz CT molecular complexity index is 534. The zero-order valence-corrected chi connectivity index (χ0v) is 14.1. The van der Waals surface area contributed by atoms with E-state index in [2.05, 4.69) is 15.3 Å². The maximum Gasteiger partial charge on any atom is 0.228 e. The number of nitrogens with zero attached hydrogens (tertiary/aromatic N) is 3. The Morgan fingerprint density at radius 1 is 1.29 bits per heavy atom. The van der Waals surface area contributed by atoms with Crippen LogP contribution in [0.1, 0.15) is 44.6 Å². The van der Waals surface area contributed by atoms with Gasteiger partial charge in [-0.15, -0.1) is 0 Å². The summed E-state index contributed by atoms with van der Waals surface area (Å²) in [5, 5.41) is 26.0. The van der Waals surface area contributed by atoms with E-state index >= 15 is 0 Å². The summed E-state index contributed by atoms with van der Waals surface area (Å²) in [6, 6.07) is 2.13. The summed E-state index contributed by atoms with van der Waals surface area (Å²) in [4.78, 5) is 14.5. The molecule has 1 saturated heterocycles. The van der Waals surface area contributed by atoms with Crippen molar-refractivity contribution in [1.29, 1.82) is 0 Å². The quantitative estimate of drug-likeness (QED) is 0.721. The number of hydrogen-bond donors (Lipinski definition) is 3. The average Bonchev–Trinajstić information content (AvgIpc) is 3.27. The van der Waals surface area contributed by atoms with E-state index in [-0.39, 0.29) is 24.5 Å². The van der Waals surface area contributed by atoms with Gasteiger partial charge in [0.25, 0.3) is 0 Å². The Morgan fingerprint density at radius 3 is 2.67 bits per heavy atom. The van der Waals surface area contributed by atoms with E-state index in [0.29, 0.717) is 6.54 Å². The van der Waals surface area contributed by atoms with Crippen LogP contribution in [0, 0.1) is 5.92 Å². The first-order chi connectivity index (χ1) is 11.7. The van der Waals surface area contributed by atoms with Crippen molar-refractivity contribution in [3.05, 3.63) is 12.3 Å². The molecule has 0 unspecified atom stereocenters. The van der Waals surface area contributed by atoms with Gasteiger partial charge in [0.05, 0.1) is 24.9 Å². The van der Waals surface area contributed by atoms with Gasteiger partial charge in [0.1, 0.15) is 5.82 Å². The molecule has 1 aromatic heterocycles. The number of piperidine rings is 1. The number of aromatic nitrogens is 2. The van der Waals surface area contributed by atoms with Crippen LogP contribution in [0.5, 0.6) is 0 Å². The second-order valence-electron chi connectivity index (χ2n) is 7.00. The zero-order chi connectivity index (χ0) is 16.9. The van der Waals surface area contributed by atoms with Crippen molar-refractivity contribution in [1.82, 2.24) is 14.7 Å². The van der Waals surface area contributed by atoms with Gasteiger partial charge in [0.15, 0.2) is 0 Å². The number of amides is 1. The van der Waals surface area contributed by atoms with E-state index in [1.165, 1.54) is 0 Å². The average molecular weight is 336 g/mol. The first-order valence-corrected chi connectivity index (χ1v) is 9.03. The lowest BCUT2D eigenvalue weighted by molar-refractivity contribution is -0.119. The summed E-state index contributed by atoms with van der Waals surface area (Å²) >= 11 is 0. The first-order valence-electron chi connectivity index (χ1n) is 9.03. The van der Waals surface area contributed by atoms with Gasteiger partial charge in [0, 0.05) is 31.6 Å². The summed E-state index contributed by atoms with van der Waals surface area (Å²) in [7, 11) is 0. The molecule has 7 nitrogen and oxygen atoms in total. The van der Waals surface area contributed by atoms with Crippen molar-refractivity contribution in [3.8, 4) is 0 Å². The topological polar surface area (TPSA) is 90.6 Å². The van der Waals surface area contributed by atoms with E-state index in [0.717, 1.165) is 57.4 Å². The fourth-order valence-corrected chi connectivity index (χ4v) is 3.82. The fraction of sp³-hybridized carbons (Fsp3) is 0.765. The number of hydrogen-bond acceptors (Lipinski definition) is 5. The molecule has 3 N–H and O–H groups in total.